The van der Waals surface area contributed by atoms with Gasteiger partial charge in [-0.2, -0.15) is 0 Å². The zero-order valence-electron chi connectivity index (χ0n) is 12.8. The largest absolute Gasteiger partial charge is 0.343 e. The van der Waals surface area contributed by atoms with Crippen molar-refractivity contribution in [2.45, 2.75) is 0 Å². The first kappa shape index (κ1) is 14.9. The van der Waals surface area contributed by atoms with Crippen molar-refractivity contribution in [3.8, 4) is 11.3 Å². The van der Waals surface area contributed by atoms with Crippen molar-refractivity contribution in [1.29, 1.82) is 0 Å². The number of aromatic nitrogens is 1. The number of aryl methyl sites for hydroxylation is 1. The SMILES string of the molecule is Cn1c(-c2ccccc2)c(C2=C(Br)C(=O)NC2=O)c2ccccc21. The van der Waals surface area contributed by atoms with Gasteiger partial charge in [0.05, 0.1) is 15.7 Å². The summed E-state index contributed by atoms with van der Waals surface area (Å²) in [7, 11) is 1.97. The Kier molecular flexibility index (Phi) is 3.39. The number of nitrogens with zero attached hydrogens (tertiary/aromatic N) is 1. The van der Waals surface area contributed by atoms with E-state index in [4.69, 9.17) is 0 Å². The lowest BCUT2D eigenvalue weighted by Crippen LogP contribution is -2.22. The molecule has 0 fully saturated rings. The van der Waals surface area contributed by atoms with E-state index in [2.05, 4.69) is 25.8 Å². The van der Waals surface area contributed by atoms with Crippen molar-refractivity contribution in [3.05, 3.63) is 64.6 Å². The van der Waals surface area contributed by atoms with Crippen molar-refractivity contribution in [2.75, 3.05) is 0 Å². The number of carbonyl (C=O) groups excluding carboxylic acids is 2. The third-order valence-electron chi connectivity index (χ3n) is 4.28. The summed E-state index contributed by atoms with van der Waals surface area (Å²) < 4.78 is 2.34. The molecule has 4 rings (SSSR count). The molecule has 0 bridgehead atoms. The van der Waals surface area contributed by atoms with Crippen LogP contribution in [0.1, 0.15) is 5.56 Å². The molecule has 2 aromatic carbocycles. The minimum Gasteiger partial charge on any atom is -0.343 e. The first-order chi connectivity index (χ1) is 11.6. The topological polar surface area (TPSA) is 51.1 Å². The van der Waals surface area contributed by atoms with Crippen LogP contribution in [0.5, 0.6) is 0 Å². The third-order valence-corrected chi connectivity index (χ3v) is 5.03. The predicted molar refractivity (Wildman–Crippen MR) is 97.4 cm³/mol. The average molecular weight is 381 g/mol. The van der Waals surface area contributed by atoms with Crippen LogP contribution in [0.15, 0.2) is 59.1 Å². The van der Waals surface area contributed by atoms with Gasteiger partial charge in [0.2, 0.25) is 0 Å². The second-order valence-corrected chi connectivity index (χ2v) is 6.43. The number of imide groups is 1. The van der Waals surface area contributed by atoms with E-state index in [9.17, 15) is 9.59 Å². The Morgan fingerprint density at radius 1 is 0.917 bits per heavy atom. The molecule has 5 heteroatoms. The van der Waals surface area contributed by atoms with Gasteiger partial charge in [0, 0.05) is 23.5 Å². The number of hydrogen-bond donors (Lipinski definition) is 1. The Morgan fingerprint density at radius 3 is 2.25 bits per heavy atom. The molecule has 0 saturated heterocycles. The highest BCUT2D eigenvalue weighted by molar-refractivity contribution is 9.12. The minimum atomic E-state index is -0.401. The molecule has 0 radical (unpaired) electrons. The number of halogens is 1. The van der Waals surface area contributed by atoms with Crippen molar-refractivity contribution >= 4 is 44.2 Å². The van der Waals surface area contributed by atoms with E-state index in [1.54, 1.807) is 0 Å². The van der Waals surface area contributed by atoms with E-state index in [0.29, 0.717) is 5.57 Å². The highest BCUT2D eigenvalue weighted by atomic mass is 79.9. The molecular weight excluding hydrogens is 368 g/mol. The van der Waals surface area contributed by atoms with Crippen molar-refractivity contribution in [3.63, 3.8) is 0 Å². The Labute approximate surface area is 146 Å². The first-order valence-electron chi connectivity index (χ1n) is 7.48. The zero-order chi connectivity index (χ0) is 16.8. The van der Waals surface area contributed by atoms with Crippen LogP contribution in [-0.4, -0.2) is 16.4 Å². The maximum Gasteiger partial charge on any atom is 0.265 e. The molecule has 0 unspecified atom stereocenters. The number of hydrogen-bond acceptors (Lipinski definition) is 2. The summed E-state index contributed by atoms with van der Waals surface area (Å²) in [5.41, 5.74) is 4.07. The van der Waals surface area contributed by atoms with Crippen LogP contribution in [0.3, 0.4) is 0 Å². The van der Waals surface area contributed by atoms with E-state index < -0.39 is 5.91 Å². The molecule has 0 atom stereocenters. The maximum atomic E-state index is 12.4. The predicted octanol–water partition coefficient (Wildman–Crippen LogP) is 3.61. The Balaban J connectivity index is 2.16. The van der Waals surface area contributed by atoms with Gasteiger partial charge in [0.1, 0.15) is 0 Å². The molecule has 118 valence electrons. The number of amides is 2. The molecule has 3 aromatic rings. The monoisotopic (exact) mass is 380 g/mol. The summed E-state index contributed by atoms with van der Waals surface area (Å²) in [6.45, 7) is 0. The molecule has 1 N–H and O–H groups in total. The molecule has 4 nitrogen and oxygen atoms in total. The molecule has 24 heavy (non-hydrogen) atoms. The van der Waals surface area contributed by atoms with Crippen molar-refractivity contribution < 1.29 is 9.59 Å². The number of para-hydroxylation sites is 1. The van der Waals surface area contributed by atoms with E-state index >= 15 is 0 Å². The normalized spacial score (nSPS) is 14.6. The van der Waals surface area contributed by atoms with E-state index in [0.717, 1.165) is 27.7 Å². The van der Waals surface area contributed by atoms with Gasteiger partial charge in [-0.15, -0.1) is 0 Å². The van der Waals surface area contributed by atoms with Gasteiger partial charge in [0.25, 0.3) is 11.8 Å². The van der Waals surface area contributed by atoms with E-state index in [1.807, 2.05) is 61.6 Å². The van der Waals surface area contributed by atoms with Gasteiger partial charge in [0.15, 0.2) is 0 Å². The summed E-state index contributed by atoms with van der Waals surface area (Å²) in [5.74, 6) is -0.776. The fourth-order valence-corrected chi connectivity index (χ4v) is 3.71. The zero-order valence-corrected chi connectivity index (χ0v) is 14.4. The van der Waals surface area contributed by atoms with Crippen LogP contribution < -0.4 is 5.32 Å². The van der Waals surface area contributed by atoms with Crippen LogP contribution >= 0.6 is 15.9 Å². The molecule has 1 aliphatic heterocycles. The summed E-state index contributed by atoms with van der Waals surface area (Å²) in [4.78, 5) is 24.3. The van der Waals surface area contributed by atoms with Crippen LogP contribution in [0.25, 0.3) is 27.7 Å². The lowest BCUT2D eigenvalue weighted by molar-refractivity contribution is -0.123. The smallest absolute Gasteiger partial charge is 0.265 e. The molecule has 0 aliphatic carbocycles. The first-order valence-corrected chi connectivity index (χ1v) is 8.27. The number of rotatable bonds is 2. The molecular formula is C19H13BrN2O2. The Hall–Kier alpha value is -2.66. The summed E-state index contributed by atoms with van der Waals surface area (Å²) in [5, 5.41) is 3.30. The Bertz CT molecular complexity index is 1030. The van der Waals surface area contributed by atoms with Gasteiger partial charge >= 0.3 is 0 Å². The number of fused-ring (bicyclic) bond motifs is 1. The molecule has 1 aromatic heterocycles. The highest BCUT2D eigenvalue weighted by Crippen LogP contribution is 2.41. The van der Waals surface area contributed by atoms with Crippen LogP contribution in [0, 0.1) is 0 Å². The lowest BCUT2D eigenvalue weighted by atomic mass is 9.98. The fourth-order valence-electron chi connectivity index (χ4n) is 3.24. The minimum absolute atomic E-state index is 0.279. The van der Waals surface area contributed by atoms with E-state index in [-0.39, 0.29) is 10.4 Å². The van der Waals surface area contributed by atoms with Crippen LogP contribution in [0.2, 0.25) is 0 Å². The van der Waals surface area contributed by atoms with Crippen molar-refractivity contribution in [1.82, 2.24) is 9.88 Å². The van der Waals surface area contributed by atoms with Gasteiger partial charge in [-0.1, -0.05) is 48.5 Å². The van der Waals surface area contributed by atoms with Crippen LogP contribution in [0.4, 0.5) is 0 Å². The maximum absolute atomic E-state index is 12.4. The van der Waals surface area contributed by atoms with E-state index in [1.165, 1.54) is 0 Å². The van der Waals surface area contributed by atoms with Gasteiger partial charge in [-0.3, -0.25) is 14.9 Å². The van der Waals surface area contributed by atoms with Gasteiger partial charge in [-0.25, -0.2) is 0 Å². The summed E-state index contributed by atoms with van der Waals surface area (Å²) in [6.07, 6.45) is 0. The highest BCUT2D eigenvalue weighted by Gasteiger charge is 2.33. The molecule has 1 aliphatic rings. The Morgan fingerprint density at radius 2 is 1.58 bits per heavy atom. The molecule has 2 heterocycles. The van der Waals surface area contributed by atoms with Crippen molar-refractivity contribution in [2.24, 2.45) is 7.05 Å². The average Bonchev–Trinajstić information content (AvgIpc) is 3.02. The fraction of sp³-hybridized carbons (Fsp3) is 0.0526. The van der Waals surface area contributed by atoms with Crippen LogP contribution in [-0.2, 0) is 16.6 Å². The second kappa shape index (κ2) is 5.46. The number of nitrogens with one attached hydrogen (secondary N) is 1. The van der Waals surface area contributed by atoms with Gasteiger partial charge in [-0.05, 0) is 27.6 Å². The lowest BCUT2D eigenvalue weighted by Gasteiger charge is -2.08. The third kappa shape index (κ3) is 2.05. The summed E-state index contributed by atoms with van der Waals surface area (Å²) in [6, 6.07) is 17.7. The second-order valence-electron chi connectivity index (χ2n) is 5.64. The molecule has 0 saturated carbocycles. The molecule has 2 amide bonds. The number of benzene rings is 2. The summed E-state index contributed by atoms with van der Waals surface area (Å²) >= 11 is 3.29. The quantitative estimate of drug-likeness (QED) is 0.690. The number of carbonyl (C=O) groups is 2. The molecule has 0 spiro atoms. The van der Waals surface area contributed by atoms with Gasteiger partial charge < -0.3 is 4.57 Å². The standard InChI is InChI=1S/C19H13BrN2O2/c1-22-13-10-6-5-9-12(13)14(15-16(20)19(24)21-18(15)23)17(22)11-7-3-2-4-8-11/h2-10H,1H3,(H,21,23,24).